The number of methoxy groups -OCH3 is 1. The van der Waals surface area contributed by atoms with Gasteiger partial charge in [0.2, 0.25) is 0 Å². The largest absolute Gasteiger partial charge is 0.465 e. The molecule has 3 aromatic rings. The van der Waals surface area contributed by atoms with Crippen molar-refractivity contribution in [1.29, 1.82) is 0 Å². The average molecular weight is 489 g/mol. The zero-order valence-electron chi connectivity index (χ0n) is 20.8. The summed E-state index contributed by atoms with van der Waals surface area (Å²) in [4.78, 5) is 11.8. The summed E-state index contributed by atoms with van der Waals surface area (Å²) >= 11 is 5.52. The number of nitrogens with zero attached hydrogens (tertiary/aromatic N) is 2. The Kier molecular flexibility index (Phi) is 7.36. The number of ether oxygens (including phenoxy) is 1. The first-order valence-corrected chi connectivity index (χ1v) is 12.3. The highest BCUT2D eigenvalue weighted by Gasteiger charge is 2.26. The minimum atomic E-state index is -0.378. The Morgan fingerprint density at radius 3 is 2.57 bits per heavy atom. The summed E-state index contributed by atoms with van der Waals surface area (Å²) in [6, 6.07) is 15.9. The van der Waals surface area contributed by atoms with Crippen LogP contribution in [0, 0.1) is 13.8 Å². The minimum absolute atomic E-state index is 0.108. The number of carbonyl (C=O) groups excluding carboxylic acids is 1. The van der Waals surface area contributed by atoms with E-state index in [0.717, 1.165) is 29.2 Å². The summed E-state index contributed by atoms with van der Waals surface area (Å²) in [7, 11) is 1.37. The van der Waals surface area contributed by atoms with Gasteiger partial charge in [0.15, 0.2) is 5.11 Å². The summed E-state index contributed by atoms with van der Waals surface area (Å²) in [5.41, 5.74) is 7.09. The fourth-order valence-electron chi connectivity index (χ4n) is 4.64. The summed E-state index contributed by atoms with van der Waals surface area (Å²) in [5.74, 6) is 0.392. The van der Waals surface area contributed by atoms with E-state index in [4.69, 9.17) is 22.1 Å². The van der Waals surface area contributed by atoms with Gasteiger partial charge in [-0.2, -0.15) is 5.10 Å². The van der Waals surface area contributed by atoms with Crippen LogP contribution in [-0.2, 0) is 4.74 Å². The van der Waals surface area contributed by atoms with Crippen molar-refractivity contribution in [3.8, 4) is 5.69 Å². The molecule has 4 rings (SSSR count). The second-order valence-electron chi connectivity index (χ2n) is 9.25. The van der Waals surface area contributed by atoms with E-state index in [1.165, 1.54) is 18.2 Å². The Morgan fingerprint density at radius 1 is 1.14 bits per heavy atom. The second kappa shape index (κ2) is 10.4. The van der Waals surface area contributed by atoms with Crippen LogP contribution in [0.1, 0.15) is 65.0 Å². The van der Waals surface area contributed by atoms with Crippen LogP contribution in [0.2, 0.25) is 0 Å². The predicted molar refractivity (Wildman–Crippen MR) is 145 cm³/mol. The maximum absolute atomic E-state index is 11.8. The van der Waals surface area contributed by atoms with Crippen LogP contribution in [0.25, 0.3) is 5.69 Å². The zero-order chi connectivity index (χ0) is 25.1. The molecule has 2 atom stereocenters. The first-order chi connectivity index (χ1) is 16.8. The van der Waals surface area contributed by atoms with Crippen LogP contribution >= 0.6 is 12.2 Å². The van der Waals surface area contributed by atoms with E-state index < -0.39 is 0 Å². The highest BCUT2D eigenvalue weighted by molar-refractivity contribution is 7.80. The van der Waals surface area contributed by atoms with Crippen molar-refractivity contribution in [3.05, 3.63) is 88.8 Å². The smallest absolute Gasteiger partial charge is 0.337 e. The molecule has 2 N–H and O–H groups in total. The number of rotatable bonds is 6. The first-order valence-electron chi connectivity index (χ1n) is 11.9. The van der Waals surface area contributed by atoms with Gasteiger partial charge in [-0.3, -0.25) is 0 Å². The molecule has 7 heteroatoms. The lowest BCUT2D eigenvalue weighted by Crippen LogP contribution is -2.35. The quantitative estimate of drug-likeness (QED) is 0.260. The second-order valence-corrected chi connectivity index (χ2v) is 9.66. The van der Waals surface area contributed by atoms with Gasteiger partial charge in [-0.15, -0.1) is 0 Å². The van der Waals surface area contributed by atoms with E-state index >= 15 is 0 Å². The molecule has 0 aliphatic heterocycles. The molecule has 0 fully saturated rings. The highest BCUT2D eigenvalue weighted by atomic mass is 32.1. The maximum atomic E-state index is 11.8. The van der Waals surface area contributed by atoms with E-state index in [1.807, 2.05) is 10.7 Å². The maximum Gasteiger partial charge on any atom is 0.337 e. The fourth-order valence-corrected chi connectivity index (χ4v) is 4.91. The fraction of sp³-hybridized carbons (Fsp3) is 0.321. The van der Waals surface area contributed by atoms with Crippen molar-refractivity contribution in [2.75, 3.05) is 12.4 Å². The molecule has 1 aromatic heterocycles. The number of hydrogen-bond donors (Lipinski definition) is 2. The van der Waals surface area contributed by atoms with Crippen LogP contribution in [0.4, 0.5) is 5.69 Å². The van der Waals surface area contributed by atoms with Gasteiger partial charge in [0.1, 0.15) is 0 Å². The molecule has 6 nitrogen and oxygen atoms in total. The zero-order valence-corrected chi connectivity index (χ0v) is 21.6. The van der Waals surface area contributed by atoms with Crippen molar-refractivity contribution in [3.63, 3.8) is 0 Å². The molecule has 0 saturated heterocycles. The number of aromatic nitrogens is 2. The molecule has 1 heterocycles. The first kappa shape index (κ1) is 24.7. The van der Waals surface area contributed by atoms with Crippen LogP contribution < -0.4 is 10.6 Å². The highest BCUT2D eigenvalue weighted by Crippen LogP contribution is 2.34. The van der Waals surface area contributed by atoms with Gasteiger partial charge in [-0.1, -0.05) is 44.2 Å². The van der Waals surface area contributed by atoms with E-state index in [9.17, 15) is 4.79 Å². The number of benzene rings is 2. The number of aryl methyl sites for hydroxylation is 1. The monoisotopic (exact) mass is 488 g/mol. The summed E-state index contributed by atoms with van der Waals surface area (Å²) < 4.78 is 6.84. The lowest BCUT2D eigenvalue weighted by molar-refractivity contribution is 0.0601. The molecule has 0 bridgehead atoms. The number of esters is 1. The Balaban J connectivity index is 1.41. The van der Waals surface area contributed by atoms with E-state index in [0.29, 0.717) is 16.6 Å². The van der Waals surface area contributed by atoms with Crippen molar-refractivity contribution < 1.29 is 9.53 Å². The Labute approximate surface area is 212 Å². The molecule has 35 heavy (non-hydrogen) atoms. The molecule has 0 radical (unpaired) electrons. The van der Waals surface area contributed by atoms with E-state index in [-0.39, 0.29) is 17.9 Å². The molecule has 0 amide bonds. The third-order valence-corrected chi connectivity index (χ3v) is 6.68. The van der Waals surface area contributed by atoms with Crippen LogP contribution in [0.15, 0.2) is 60.7 Å². The molecule has 2 aromatic carbocycles. The lowest BCUT2D eigenvalue weighted by Gasteiger charge is -2.17. The molecule has 182 valence electrons. The number of nitrogens with one attached hydrogen (secondary N) is 2. The number of thiocarbonyl (C=S) groups is 1. The summed E-state index contributed by atoms with van der Waals surface area (Å²) in [6.07, 6.45) is 5.29. The third-order valence-electron chi connectivity index (χ3n) is 6.46. The molecular formula is C28H32N4O2S. The van der Waals surface area contributed by atoms with Gasteiger partial charge in [-0.25, -0.2) is 9.48 Å². The third kappa shape index (κ3) is 5.46. The summed E-state index contributed by atoms with van der Waals surface area (Å²) in [6.45, 7) is 8.62. The van der Waals surface area contributed by atoms with E-state index in [2.05, 4.69) is 74.7 Å². The summed E-state index contributed by atoms with van der Waals surface area (Å²) in [5, 5.41) is 11.9. The Morgan fingerprint density at radius 2 is 1.89 bits per heavy atom. The molecule has 0 spiro atoms. The number of hydrogen-bond acceptors (Lipinski definition) is 4. The molecule has 2 unspecified atom stereocenters. The van der Waals surface area contributed by atoms with Gasteiger partial charge in [0.25, 0.3) is 0 Å². The van der Waals surface area contributed by atoms with Gasteiger partial charge in [0.05, 0.1) is 24.1 Å². The van der Waals surface area contributed by atoms with Crippen molar-refractivity contribution >= 4 is 29.0 Å². The van der Waals surface area contributed by atoms with Crippen molar-refractivity contribution in [2.45, 2.75) is 52.0 Å². The Hall–Kier alpha value is -3.45. The van der Waals surface area contributed by atoms with E-state index in [1.54, 1.807) is 18.2 Å². The molecular weight excluding hydrogens is 456 g/mol. The SMILES string of the molecule is COC(=O)c1cccc(NC(=S)NC2C=CC(c3c(C)nn(-c4ccc(C(C)C)cc4)c3C)C2)c1. The van der Waals surface area contributed by atoms with Gasteiger partial charge in [-0.05, 0) is 74.3 Å². The molecule has 0 saturated carbocycles. The minimum Gasteiger partial charge on any atom is -0.465 e. The van der Waals surface area contributed by atoms with Gasteiger partial charge >= 0.3 is 5.97 Å². The standard InChI is InChI=1S/C28H32N4O2S/c1-17(2)20-10-13-25(14-11-20)32-19(4)26(18(3)31-32)21-9-12-24(15-21)30-28(35)29-23-8-6-7-22(16-23)27(33)34-5/h6-14,16-17,21,24H,15H2,1-5H3,(H2,29,30,35). The van der Waals surface area contributed by atoms with Crippen LogP contribution in [0.3, 0.4) is 0 Å². The van der Waals surface area contributed by atoms with Crippen LogP contribution in [0.5, 0.6) is 0 Å². The molecule has 1 aliphatic carbocycles. The van der Waals surface area contributed by atoms with Gasteiger partial charge in [0, 0.05) is 28.9 Å². The molecule has 1 aliphatic rings. The number of carbonyl (C=O) groups is 1. The average Bonchev–Trinajstić information content (AvgIpc) is 3.41. The Bertz CT molecular complexity index is 1260. The number of allylic oxidation sites excluding steroid dienone is 1. The lowest BCUT2D eigenvalue weighted by atomic mass is 9.96. The van der Waals surface area contributed by atoms with Crippen molar-refractivity contribution in [2.24, 2.45) is 0 Å². The van der Waals surface area contributed by atoms with Gasteiger partial charge < -0.3 is 15.4 Å². The predicted octanol–water partition coefficient (Wildman–Crippen LogP) is 5.80. The van der Waals surface area contributed by atoms with Crippen molar-refractivity contribution in [1.82, 2.24) is 15.1 Å². The normalized spacial score (nSPS) is 17.0. The topological polar surface area (TPSA) is 68.2 Å². The van der Waals surface area contributed by atoms with Crippen LogP contribution in [-0.4, -0.2) is 34.0 Å². The number of anilines is 1.